The molecule has 1 amide bonds. The fourth-order valence-electron chi connectivity index (χ4n) is 2.03. The standard InChI is InChI=1S/C16H11ClF2N2O5/c1-8-3-2-4-13(21(24)25)15(8)20-14(22)7-26-16(23)9-5-11(18)12(19)6-10(9)17/h2-6H,7H2,1H3,(H,20,22). The van der Waals surface area contributed by atoms with E-state index in [0.29, 0.717) is 17.7 Å². The molecule has 0 bridgehead atoms. The van der Waals surface area contributed by atoms with Crippen LogP contribution in [0.1, 0.15) is 15.9 Å². The number of para-hydroxylation sites is 1. The first-order valence-electron chi connectivity index (χ1n) is 7.06. The number of ether oxygens (including phenoxy) is 1. The Morgan fingerprint density at radius 2 is 1.92 bits per heavy atom. The first-order valence-corrected chi connectivity index (χ1v) is 7.44. The molecule has 2 aromatic carbocycles. The Morgan fingerprint density at radius 3 is 2.58 bits per heavy atom. The minimum atomic E-state index is -1.30. The summed E-state index contributed by atoms with van der Waals surface area (Å²) < 4.78 is 30.9. The lowest BCUT2D eigenvalue weighted by Gasteiger charge is -2.10. The summed E-state index contributed by atoms with van der Waals surface area (Å²) in [5, 5.41) is 12.9. The van der Waals surface area contributed by atoms with Crippen molar-refractivity contribution in [1.82, 2.24) is 0 Å². The first kappa shape index (κ1) is 19.3. The van der Waals surface area contributed by atoms with Crippen LogP contribution in [0, 0.1) is 28.7 Å². The molecule has 0 aliphatic rings. The second-order valence-corrected chi connectivity index (χ2v) is 5.50. The third-order valence-corrected chi connectivity index (χ3v) is 3.59. The highest BCUT2D eigenvalue weighted by Gasteiger charge is 2.20. The first-order chi connectivity index (χ1) is 12.2. The summed E-state index contributed by atoms with van der Waals surface area (Å²) in [5.41, 5.74) is -0.388. The van der Waals surface area contributed by atoms with Gasteiger partial charge in [-0.1, -0.05) is 23.7 Å². The molecule has 0 saturated heterocycles. The number of carbonyl (C=O) groups is 2. The Morgan fingerprint density at radius 1 is 1.27 bits per heavy atom. The van der Waals surface area contributed by atoms with Crippen molar-refractivity contribution >= 4 is 34.9 Å². The van der Waals surface area contributed by atoms with E-state index in [9.17, 15) is 28.5 Å². The maximum Gasteiger partial charge on any atom is 0.340 e. The zero-order valence-corrected chi connectivity index (χ0v) is 14.0. The average molecular weight is 385 g/mol. The lowest BCUT2D eigenvalue weighted by molar-refractivity contribution is -0.384. The molecule has 2 aromatic rings. The minimum Gasteiger partial charge on any atom is -0.452 e. The molecule has 0 aromatic heterocycles. The number of aryl methyl sites for hydroxylation is 1. The van der Waals surface area contributed by atoms with Crippen molar-refractivity contribution in [3.05, 3.63) is 68.2 Å². The summed E-state index contributed by atoms with van der Waals surface area (Å²) in [5.74, 6) is -4.55. The largest absolute Gasteiger partial charge is 0.452 e. The van der Waals surface area contributed by atoms with Crippen molar-refractivity contribution in [3.8, 4) is 0 Å². The van der Waals surface area contributed by atoms with Gasteiger partial charge in [-0.2, -0.15) is 0 Å². The van der Waals surface area contributed by atoms with Gasteiger partial charge in [-0.15, -0.1) is 0 Å². The third kappa shape index (κ3) is 4.31. The Kier molecular flexibility index (Phi) is 5.83. The van der Waals surface area contributed by atoms with Crippen molar-refractivity contribution < 1.29 is 28.0 Å². The number of benzene rings is 2. The molecule has 0 aliphatic heterocycles. The van der Waals surface area contributed by atoms with Gasteiger partial charge in [0.1, 0.15) is 5.69 Å². The summed E-state index contributed by atoms with van der Waals surface area (Å²) >= 11 is 5.63. The normalized spacial score (nSPS) is 10.3. The van der Waals surface area contributed by atoms with Crippen LogP contribution < -0.4 is 5.32 Å². The van der Waals surface area contributed by atoms with Gasteiger partial charge >= 0.3 is 5.97 Å². The number of nitro benzene ring substituents is 1. The van der Waals surface area contributed by atoms with E-state index >= 15 is 0 Å². The van der Waals surface area contributed by atoms with Gasteiger partial charge in [-0.3, -0.25) is 14.9 Å². The van der Waals surface area contributed by atoms with E-state index in [4.69, 9.17) is 11.6 Å². The molecule has 136 valence electrons. The number of nitrogens with one attached hydrogen (secondary N) is 1. The molecule has 1 N–H and O–H groups in total. The molecule has 7 nitrogen and oxygen atoms in total. The Labute approximate surface area is 150 Å². The third-order valence-electron chi connectivity index (χ3n) is 3.28. The molecule has 0 atom stereocenters. The van der Waals surface area contributed by atoms with Crippen molar-refractivity contribution in [2.75, 3.05) is 11.9 Å². The Balaban J connectivity index is 2.07. The Hall–Kier alpha value is -3.07. The topological polar surface area (TPSA) is 98.5 Å². The summed E-state index contributed by atoms with van der Waals surface area (Å²) in [7, 11) is 0. The molecule has 0 unspecified atom stereocenters. The van der Waals surface area contributed by atoms with Gasteiger partial charge in [0, 0.05) is 6.07 Å². The highest BCUT2D eigenvalue weighted by Crippen LogP contribution is 2.27. The molecule has 0 radical (unpaired) electrons. The fourth-order valence-corrected chi connectivity index (χ4v) is 2.26. The van der Waals surface area contributed by atoms with Crippen LogP contribution in [0.5, 0.6) is 0 Å². The SMILES string of the molecule is Cc1cccc([N+](=O)[O-])c1NC(=O)COC(=O)c1cc(F)c(F)cc1Cl. The molecule has 26 heavy (non-hydrogen) atoms. The molecular formula is C16H11ClF2N2O5. The van der Waals surface area contributed by atoms with Gasteiger partial charge in [0.05, 0.1) is 15.5 Å². The van der Waals surface area contributed by atoms with Crippen molar-refractivity contribution in [1.29, 1.82) is 0 Å². The van der Waals surface area contributed by atoms with Crippen LogP contribution >= 0.6 is 11.6 Å². The molecular weight excluding hydrogens is 374 g/mol. The van der Waals surface area contributed by atoms with Crippen molar-refractivity contribution in [3.63, 3.8) is 0 Å². The number of amides is 1. The smallest absolute Gasteiger partial charge is 0.340 e. The van der Waals surface area contributed by atoms with Crippen LogP contribution in [-0.2, 0) is 9.53 Å². The number of nitrogens with zero attached hydrogens (tertiary/aromatic N) is 1. The highest BCUT2D eigenvalue weighted by atomic mass is 35.5. The van der Waals surface area contributed by atoms with Gasteiger partial charge in [0.25, 0.3) is 11.6 Å². The number of hydrogen-bond donors (Lipinski definition) is 1. The lowest BCUT2D eigenvalue weighted by Crippen LogP contribution is -2.22. The second kappa shape index (κ2) is 7.87. The minimum absolute atomic E-state index is 0.0376. The van der Waals surface area contributed by atoms with Gasteiger partial charge in [0.15, 0.2) is 18.2 Å². The average Bonchev–Trinajstić information content (AvgIpc) is 2.57. The van der Waals surface area contributed by atoms with E-state index in [1.54, 1.807) is 13.0 Å². The van der Waals surface area contributed by atoms with Crippen LogP contribution in [-0.4, -0.2) is 23.4 Å². The van der Waals surface area contributed by atoms with Crippen LogP contribution in [0.2, 0.25) is 5.02 Å². The second-order valence-electron chi connectivity index (χ2n) is 5.10. The van der Waals surface area contributed by atoms with E-state index < -0.39 is 40.6 Å². The van der Waals surface area contributed by atoms with E-state index in [0.717, 1.165) is 0 Å². The molecule has 0 saturated carbocycles. The van der Waals surface area contributed by atoms with E-state index in [1.165, 1.54) is 12.1 Å². The number of anilines is 1. The van der Waals surface area contributed by atoms with Crippen LogP contribution in [0.3, 0.4) is 0 Å². The number of nitro groups is 1. The molecule has 10 heteroatoms. The maximum absolute atomic E-state index is 13.2. The Bertz CT molecular complexity index is 904. The molecule has 0 spiro atoms. The van der Waals surface area contributed by atoms with E-state index in [2.05, 4.69) is 10.1 Å². The van der Waals surface area contributed by atoms with Crippen LogP contribution in [0.4, 0.5) is 20.2 Å². The summed E-state index contributed by atoms with van der Waals surface area (Å²) in [4.78, 5) is 34.1. The molecule has 0 aliphatic carbocycles. The van der Waals surface area contributed by atoms with Crippen molar-refractivity contribution in [2.45, 2.75) is 6.92 Å². The number of halogens is 3. The maximum atomic E-state index is 13.2. The van der Waals surface area contributed by atoms with Crippen LogP contribution in [0.15, 0.2) is 30.3 Å². The van der Waals surface area contributed by atoms with Crippen molar-refractivity contribution in [2.24, 2.45) is 0 Å². The number of rotatable bonds is 5. The van der Waals surface area contributed by atoms with Gasteiger partial charge < -0.3 is 10.1 Å². The highest BCUT2D eigenvalue weighted by molar-refractivity contribution is 6.33. The number of hydrogen-bond acceptors (Lipinski definition) is 5. The predicted octanol–water partition coefficient (Wildman–Crippen LogP) is 3.63. The quantitative estimate of drug-likeness (QED) is 0.367. The zero-order valence-electron chi connectivity index (χ0n) is 13.2. The molecule has 2 rings (SSSR count). The summed E-state index contributed by atoms with van der Waals surface area (Å²) in [6.07, 6.45) is 0. The van der Waals surface area contributed by atoms with E-state index in [-0.39, 0.29) is 16.4 Å². The monoisotopic (exact) mass is 384 g/mol. The predicted molar refractivity (Wildman–Crippen MR) is 88.1 cm³/mol. The van der Waals surface area contributed by atoms with Gasteiger partial charge in [-0.25, -0.2) is 13.6 Å². The lowest BCUT2D eigenvalue weighted by atomic mass is 10.1. The number of esters is 1. The van der Waals surface area contributed by atoms with Gasteiger partial charge in [-0.05, 0) is 24.6 Å². The summed E-state index contributed by atoms with van der Waals surface area (Å²) in [6.45, 7) is 0.745. The van der Waals surface area contributed by atoms with Gasteiger partial charge in [0.2, 0.25) is 0 Å². The zero-order chi connectivity index (χ0) is 19.4. The number of carbonyl (C=O) groups excluding carboxylic acids is 2. The molecule has 0 heterocycles. The van der Waals surface area contributed by atoms with Crippen LogP contribution in [0.25, 0.3) is 0 Å². The molecule has 0 fully saturated rings. The summed E-state index contributed by atoms with van der Waals surface area (Å²) in [6, 6.07) is 5.36. The van der Waals surface area contributed by atoms with E-state index in [1.807, 2.05) is 0 Å². The fraction of sp³-hybridized carbons (Fsp3) is 0.125.